The van der Waals surface area contributed by atoms with E-state index in [1.54, 1.807) is 13.8 Å². The van der Waals surface area contributed by atoms with Crippen molar-refractivity contribution < 1.29 is 19.1 Å². The maximum absolute atomic E-state index is 11.4. The number of allylic oxidation sites excluding steroid dienone is 12. The lowest BCUT2D eigenvalue weighted by molar-refractivity contribution is -0.169. The number of ether oxygens (including phenoxy) is 2. The van der Waals surface area contributed by atoms with Crippen LogP contribution in [-0.2, 0) is 19.1 Å². The monoisotopic (exact) mass is 358 g/mol. The van der Waals surface area contributed by atoms with Crippen molar-refractivity contribution in [3.63, 3.8) is 0 Å². The van der Waals surface area contributed by atoms with Crippen LogP contribution in [0.2, 0.25) is 0 Å². The summed E-state index contributed by atoms with van der Waals surface area (Å²) >= 11 is 0. The third kappa shape index (κ3) is 16.2. The summed E-state index contributed by atoms with van der Waals surface area (Å²) < 4.78 is 9.58. The van der Waals surface area contributed by atoms with Gasteiger partial charge in [-0.25, -0.2) is 0 Å². The Kier molecular flexibility index (Phi) is 15.5. The van der Waals surface area contributed by atoms with Gasteiger partial charge in [0.25, 0.3) is 0 Å². The predicted octanol–water partition coefficient (Wildman–Crippen LogP) is 5.21. The molecule has 0 saturated heterocycles. The van der Waals surface area contributed by atoms with Crippen LogP contribution in [0, 0.1) is 5.92 Å². The van der Waals surface area contributed by atoms with E-state index in [1.807, 2.05) is 66.8 Å². The van der Waals surface area contributed by atoms with Gasteiger partial charge in [0, 0.05) is 6.42 Å². The molecule has 0 aromatic rings. The van der Waals surface area contributed by atoms with Crippen molar-refractivity contribution in [3.05, 3.63) is 72.9 Å². The summed E-state index contributed by atoms with van der Waals surface area (Å²) in [5, 5.41) is 0. The fourth-order valence-corrected chi connectivity index (χ4v) is 1.50. The molecule has 26 heavy (non-hydrogen) atoms. The van der Waals surface area contributed by atoms with Gasteiger partial charge in [-0.1, -0.05) is 93.7 Å². The maximum atomic E-state index is 11.4. The first-order valence-electron chi connectivity index (χ1n) is 8.88. The van der Waals surface area contributed by atoms with Crippen molar-refractivity contribution >= 4 is 11.9 Å². The van der Waals surface area contributed by atoms with Crippen molar-refractivity contribution in [1.29, 1.82) is 0 Å². The molecule has 142 valence electrons. The summed E-state index contributed by atoms with van der Waals surface area (Å²) in [6.45, 7) is 5.22. The topological polar surface area (TPSA) is 52.6 Å². The average Bonchev–Trinajstić information content (AvgIpc) is 2.61. The van der Waals surface area contributed by atoms with Crippen LogP contribution in [0.1, 0.15) is 40.0 Å². The Morgan fingerprint density at radius 2 is 1.27 bits per heavy atom. The van der Waals surface area contributed by atoms with E-state index in [1.165, 1.54) is 0 Å². The fourth-order valence-electron chi connectivity index (χ4n) is 1.50. The highest BCUT2D eigenvalue weighted by Gasteiger charge is 2.09. The molecule has 0 rings (SSSR count). The molecule has 0 fully saturated rings. The van der Waals surface area contributed by atoms with E-state index >= 15 is 0 Å². The summed E-state index contributed by atoms with van der Waals surface area (Å²) in [7, 11) is 0. The summed E-state index contributed by atoms with van der Waals surface area (Å²) in [5.74, 6) is -0.996. The van der Waals surface area contributed by atoms with Crippen LogP contribution >= 0.6 is 0 Å². The van der Waals surface area contributed by atoms with Crippen molar-refractivity contribution in [3.8, 4) is 0 Å². The van der Waals surface area contributed by atoms with E-state index in [2.05, 4.69) is 13.0 Å². The second-order valence-electron chi connectivity index (χ2n) is 5.60. The molecular formula is C22H30O4. The summed E-state index contributed by atoms with van der Waals surface area (Å²) in [6, 6.07) is 0. The average molecular weight is 358 g/mol. The smallest absolute Gasteiger partial charge is 0.311 e. The quantitative estimate of drug-likeness (QED) is 0.273. The second-order valence-corrected chi connectivity index (χ2v) is 5.60. The lowest BCUT2D eigenvalue weighted by atomic mass is 10.2. The van der Waals surface area contributed by atoms with Crippen molar-refractivity contribution in [1.82, 2.24) is 0 Å². The van der Waals surface area contributed by atoms with E-state index in [0.29, 0.717) is 6.42 Å². The largest absolute Gasteiger partial charge is 0.428 e. The lowest BCUT2D eigenvalue weighted by Gasteiger charge is -2.07. The molecule has 0 N–H and O–H groups in total. The van der Waals surface area contributed by atoms with Crippen molar-refractivity contribution in [2.24, 2.45) is 5.92 Å². The first-order chi connectivity index (χ1) is 12.6. The van der Waals surface area contributed by atoms with Crippen LogP contribution < -0.4 is 0 Å². The Hall–Kier alpha value is -2.62. The highest BCUT2D eigenvalue weighted by Crippen LogP contribution is 1.98. The predicted molar refractivity (Wildman–Crippen MR) is 106 cm³/mol. The second kappa shape index (κ2) is 17.2. The van der Waals surface area contributed by atoms with Crippen LogP contribution in [0.15, 0.2) is 72.9 Å². The number of esters is 2. The molecule has 0 spiro atoms. The molecule has 0 bridgehead atoms. The van der Waals surface area contributed by atoms with Gasteiger partial charge in [0.05, 0.1) is 5.92 Å². The van der Waals surface area contributed by atoms with Crippen molar-refractivity contribution in [2.45, 2.75) is 40.0 Å². The molecule has 0 saturated carbocycles. The third-order valence-corrected chi connectivity index (χ3v) is 2.92. The molecule has 0 amide bonds. The van der Waals surface area contributed by atoms with E-state index in [9.17, 15) is 9.59 Å². The molecule has 0 aliphatic heterocycles. The van der Waals surface area contributed by atoms with Gasteiger partial charge < -0.3 is 9.47 Å². The summed E-state index contributed by atoms with van der Waals surface area (Å²) in [4.78, 5) is 22.6. The Morgan fingerprint density at radius 1 is 0.769 bits per heavy atom. The van der Waals surface area contributed by atoms with Gasteiger partial charge in [-0.05, 0) is 12.8 Å². The van der Waals surface area contributed by atoms with Gasteiger partial charge in [-0.2, -0.15) is 0 Å². The molecule has 4 heteroatoms. The Balaban J connectivity index is 3.77. The zero-order valence-electron chi connectivity index (χ0n) is 16.0. The minimum atomic E-state index is -0.387. The number of hydrogen-bond acceptors (Lipinski definition) is 4. The van der Waals surface area contributed by atoms with Crippen molar-refractivity contribution in [2.75, 3.05) is 6.79 Å². The van der Waals surface area contributed by atoms with Crippen LogP contribution in [0.3, 0.4) is 0 Å². The molecule has 0 radical (unpaired) electrons. The van der Waals surface area contributed by atoms with Gasteiger partial charge in [-0.3, -0.25) is 9.59 Å². The zero-order chi connectivity index (χ0) is 19.5. The van der Waals surface area contributed by atoms with E-state index in [0.717, 1.165) is 6.42 Å². The van der Waals surface area contributed by atoms with E-state index in [-0.39, 0.29) is 31.1 Å². The minimum absolute atomic E-state index is 0.229. The first kappa shape index (κ1) is 23.4. The molecule has 0 aromatic carbocycles. The minimum Gasteiger partial charge on any atom is -0.428 e. The molecule has 0 atom stereocenters. The van der Waals surface area contributed by atoms with Crippen LogP contribution in [0.4, 0.5) is 0 Å². The maximum Gasteiger partial charge on any atom is 0.311 e. The Bertz CT molecular complexity index is 561. The SMILES string of the molecule is CC\C=C/C=C\C=C/C=C\C=C/C=C\CCC(=O)OCOC(=O)C(C)C. The standard InChI is InChI=1S/C22H30O4/c1-4-5-6-7-8-9-10-11-12-13-14-15-16-17-18-21(23)25-19-26-22(24)20(2)3/h5-16,20H,4,17-19H2,1-3H3/b6-5-,8-7-,10-9-,12-11-,14-13-,16-15-. The molecule has 0 heterocycles. The molecule has 4 nitrogen and oxygen atoms in total. The van der Waals surface area contributed by atoms with Gasteiger partial charge >= 0.3 is 11.9 Å². The number of carbonyl (C=O) groups excluding carboxylic acids is 2. The van der Waals surface area contributed by atoms with Crippen LogP contribution in [0.5, 0.6) is 0 Å². The highest BCUT2D eigenvalue weighted by molar-refractivity contribution is 5.72. The van der Waals surface area contributed by atoms with Gasteiger partial charge in [0.2, 0.25) is 6.79 Å². The highest BCUT2D eigenvalue weighted by atomic mass is 16.7. The summed E-state index contributed by atoms with van der Waals surface area (Å²) in [6.07, 6.45) is 25.3. The molecule has 0 aliphatic rings. The normalized spacial score (nSPS) is 12.8. The Morgan fingerprint density at radius 3 is 1.77 bits per heavy atom. The molecule has 0 aromatic heterocycles. The number of hydrogen-bond donors (Lipinski definition) is 0. The molecular weight excluding hydrogens is 328 g/mol. The Labute approximate surface area is 157 Å². The van der Waals surface area contributed by atoms with Gasteiger partial charge in [0.15, 0.2) is 0 Å². The fraction of sp³-hybridized carbons (Fsp3) is 0.364. The third-order valence-electron chi connectivity index (χ3n) is 2.92. The molecule has 0 unspecified atom stereocenters. The lowest BCUT2D eigenvalue weighted by Crippen LogP contribution is -2.16. The van der Waals surface area contributed by atoms with Gasteiger partial charge in [0.1, 0.15) is 0 Å². The zero-order valence-corrected chi connectivity index (χ0v) is 16.0. The van der Waals surface area contributed by atoms with E-state index < -0.39 is 0 Å². The summed E-state index contributed by atoms with van der Waals surface area (Å²) in [5.41, 5.74) is 0. The number of carbonyl (C=O) groups is 2. The molecule has 0 aliphatic carbocycles. The van der Waals surface area contributed by atoms with Crippen LogP contribution in [-0.4, -0.2) is 18.7 Å². The first-order valence-corrected chi connectivity index (χ1v) is 8.88. The number of rotatable bonds is 12. The van der Waals surface area contributed by atoms with Gasteiger partial charge in [-0.15, -0.1) is 0 Å². The van der Waals surface area contributed by atoms with E-state index in [4.69, 9.17) is 9.47 Å². The van der Waals surface area contributed by atoms with Crippen LogP contribution in [0.25, 0.3) is 0 Å².